The number of fused-ring (bicyclic) bond motifs is 1. The molecule has 5 rings (SSSR count). The third-order valence-electron chi connectivity index (χ3n) is 5.75. The lowest BCUT2D eigenvalue weighted by Crippen LogP contribution is -2.27. The van der Waals surface area contributed by atoms with Crippen LogP contribution in [0.3, 0.4) is 0 Å². The van der Waals surface area contributed by atoms with Crippen LogP contribution in [0.2, 0.25) is 10.0 Å². The smallest absolute Gasteiger partial charge is 0.263 e. The molecule has 0 atom stereocenters. The first-order chi connectivity index (χ1) is 15.9. The number of nitrogens with zero attached hydrogens (tertiary/aromatic N) is 5. The van der Waals surface area contributed by atoms with Crippen molar-refractivity contribution in [2.45, 2.75) is 19.9 Å². The number of hydrogen-bond acceptors (Lipinski definition) is 6. The highest BCUT2D eigenvalue weighted by Crippen LogP contribution is 2.33. The summed E-state index contributed by atoms with van der Waals surface area (Å²) in [6.07, 6.45) is 5.94. The Morgan fingerprint density at radius 2 is 1.91 bits per heavy atom. The van der Waals surface area contributed by atoms with Crippen LogP contribution in [0, 0.1) is 6.92 Å². The molecule has 1 aliphatic heterocycles. The van der Waals surface area contributed by atoms with Gasteiger partial charge in [0.05, 0.1) is 34.3 Å². The van der Waals surface area contributed by atoms with E-state index in [4.69, 9.17) is 33.7 Å². The normalized spacial score (nSPS) is 13.7. The van der Waals surface area contributed by atoms with Gasteiger partial charge in [-0.05, 0) is 61.3 Å². The van der Waals surface area contributed by atoms with Crippen LogP contribution in [0.25, 0.3) is 16.9 Å². The Morgan fingerprint density at radius 3 is 2.70 bits per heavy atom. The summed E-state index contributed by atoms with van der Waals surface area (Å²) >= 11 is 12.6. The van der Waals surface area contributed by atoms with Gasteiger partial charge in [0.15, 0.2) is 11.6 Å². The van der Waals surface area contributed by atoms with Gasteiger partial charge in [-0.2, -0.15) is 5.10 Å². The number of nitrogens with two attached hydrogens (primary N) is 1. The lowest BCUT2D eigenvalue weighted by Gasteiger charge is -2.27. The van der Waals surface area contributed by atoms with Crippen molar-refractivity contribution < 1.29 is 4.74 Å². The van der Waals surface area contributed by atoms with Crippen molar-refractivity contribution in [3.63, 3.8) is 0 Å². The van der Waals surface area contributed by atoms with Gasteiger partial charge in [0.25, 0.3) is 5.88 Å². The first-order valence-corrected chi connectivity index (χ1v) is 11.3. The summed E-state index contributed by atoms with van der Waals surface area (Å²) in [5, 5.41) is 5.27. The monoisotopic (exact) mass is 480 g/mol. The van der Waals surface area contributed by atoms with Crippen LogP contribution in [0.1, 0.15) is 16.7 Å². The second-order valence-electron chi connectivity index (χ2n) is 8.16. The molecule has 33 heavy (non-hydrogen) atoms. The van der Waals surface area contributed by atoms with E-state index < -0.39 is 0 Å². The summed E-state index contributed by atoms with van der Waals surface area (Å²) in [6.45, 7) is 4.13. The van der Waals surface area contributed by atoms with Gasteiger partial charge in [-0.1, -0.05) is 29.3 Å². The lowest BCUT2D eigenvalue weighted by molar-refractivity contribution is 0.312. The molecular formula is C24H22Cl2N6O. The molecule has 0 spiro atoms. The summed E-state index contributed by atoms with van der Waals surface area (Å²) in [7, 11) is 2.13. The SMILES string of the molecule is Cc1cc(-c2cnc(N)c(Oc3cnn(-c4c(Cl)cccc4Cl)c3)n2)cc2c1CCN(C)C2. The quantitative estimate of drug-likeness (QED) is 0.426. The fourth-order valence-corrected chi connectivity index (χ4v) is 4.68. The van der Waals surface area contributed by atoms with E-state index in [9.17, 15) is 0 Å². The summed E-state index contributed by atoms with van der Waals surface area (Å²) in [5.74, 6) is 0.842. The van der Waals surface area contributed by atoms with Gasteiger partial charge in [0.1, 0.15) is 5.69 Å². The molecule has 0 unspecified atom stereocenters. The Labute approximate surface area is 201 Å². The maximum atomic E-state index is 6.29. The minimum Gasteiger partial charge on any atom is -0.433 e. The molecule has 0 saturated carbocycles. The van der Waals surface area contributed by atoms with Crippen molar-refractivity contribution in [1.29, 1.82) is 0 Å². The van der Waals surface area contributed by atoms with Gasteiger partial charge in [-0.3, -0.25) is 0 Å². The summed E-state index contributed by atoms with van der Waals surface area (Å²) in [5.41, 5.74) is 12.3. The molecule has 2 N–H and O–H groups in total. The average molecular weight is 481 g/mol. The maximum absolute atomic E-state index is 6.29. The molecule has 7 nitrogen and oxygen atoms in total. The highest BCUT2D eigenvalue weighted by atomic mass is 35.5. The number of anilines is 1. The van der Waals surface area contributed by atoms with Gasteiger partial charge in [0.2, 0.25) is 0 Å². The molecular weight excluding hydrogens is 459 g/mol. The molecule has 0 bridgehead atoms. The number of benzene rings is 2. The summed E-state index contributed by atoms with van der Waals surface area (Å²) < 4.78 is 7.49. The van der Waals surface area contributed by atoms with Crippen molar-refractivity contribution in [3.05, 3.63) is 75.7 Å². The standard InChI is InChI=1S/C24H22Cl2N6O/c1-14-8-15(9-16-12-31(2)7-6-18(14)16)21-11-28-23(27)24(30-21)33-17-10-29-32(13-17)22-19(25)4-3-5-20(22)26/h3-5,8-11,13H,6-7,12H2,1-2H3,(H2,27,28). The fourth-order valence-electron chi connectivity index (χ4n) is 4.11. The molecule has 0 amide bonds. The molecule has 2 aromatic carbocycles. The Bertz CT molecular complexity index is 1330. The number of aryl methyl sites for hydroxylation is 1. The second-order valence-corrected chi connectivity index (χ2v) is 8.97. The largest absolute Gasteiger partial charge is 0.433 e. The molecule has 0 fully saturated rings. The number of rotatable bonds is 4. The van der Waals surface area contributed by atoms with E-state index in [1.165, 1.54) is 16.7 Å². The number of aromatic nitrogens is 4. The summed E-state index contributed by atoms with van der Waals surface area (Å²) in [4.78, 5) is 11.3. The number of ether oxygens (including phenoxy) is 1. The van der Waals surface area contributed by atoms with Crippen molar-refractivity contribution in [3.8, 4) is 28.6 Å². The molecule has 9 heteroatoms. The predicted octanol–water partition coefficient (Wildman–Crippen LogP) is 5.31. The third-order valence-corrected chi connectivity index (χ3v) is 6.36. The molecule has 1 aliphatic rings. The molecule has 0 saturated heterocycles. The van der Waals surface area contributed by atoms with Gasteiger partial charge in [-0.25, -0.2) is 14.6 Å². The van der Waals surface area contributed by atoms with E-state index in [1.54, 1.807) is 41.5 Å². The highest BCUT2D eigenvalue weighted by molar-refractivity contribution is 6.37. The fraction of sp³-hybridized carbons (Fsp3) is 0.208. The molecule has 168 valence electrons. The molecule has 0 aliphatic carbocycles. The van der Waals surface area contributed by atoms with Crippen LogP contribution in [-0.2, 0) is 13.0 Å². The molecule has 4 aromatic rings. The zero-order valence-corrected chi connectivity index (χ0v) is 19.7. The number of halogens is 2. The van der Waals surface area contributed by atoms with Crippen molar-refractivity contribution in [1.82, 2.24) is 24.6 Å². The van der Waals surface area contributed by atoms with E-state index in [-0.39, 0.29) is 11.7 Å². The number of hydrogen-bond donors (Lipinski definition) is 1. The van der Waals surface area contributed by atoms with E-state index in [0.717, 1.165) is 25.1 Å². The van der Waals surface area contributed by atoms with Crippen molar-refractivity contribution >= 4 is 29.0 Å². The molecule has 2 aromatic heterocycles. The van der Waals surface area contributed by atoms with Crippen molar-refractivity contribution in [2.24, 2.45) is 0 Å². The van der Waals surface area contributed by atoms with Crippen molar-refractivity contribution in [2.75, 3.05) is 19.3 Å². The maximum Gasteiger partial charge on any atom is 0.263 e. The van der Waals surface area contributed by atoms with E-state index in [0.29, 0.717) is 27.2 Å². The minimum absolute atomic E-state index is 0.191. The molecule has 0 radical (unpaired) electrons. The van der Waals surface area contributed by atoms with Gasteiger partial charge in [-0.15, -0.1) is 0 Å². The third kappa shape index (κ3) is 4.27. The van der Waals surface area contributed by atoms with E-state index in [1.807, 2.05) is 0 Å². The summed E-state index contributed by atoms with van der Waals surface area (Å²) in [6, 6.07) is 9.59. The minimum atomic E-state index is 0.191. The van der Waals surface area contributed by atoms with Crippen LogP contribution in [0.4, 0.5) is 5.82 Å². The van der Waals surface area contributed by atoms with E-state index >= 15 is 0 Å². The van der Waals surface area contributed by atoms with Crippen LogP contribution in [0.15, 0.2) is 48.9 Å². The zero-order valence-electron chi connectivity index (χ0n) is 18.2. The van der Waals surface area contributed by atoms with Gasteiger partial charge >= 0.3 is 0 Å². The average Bonchev–Trinajstić information content (AvgIpc) is 3.22. The second kappa shape index (κ2) is 8.67. The van der Waals surface area contributed by atoms with Crippen LogP contribution >= 0.6 is 23.2 Å². The Morgan fingerprint density at radius 1 is 1.12 bits per heavy atom. The predicted molar refractivity (Wildman–Crippen MR) is 130 cm³/mol. The lowest BCUT2D eigenvalue weighted by atomic mass is 9.92. The number of para-hydroxylation sites is 1. The van der Waals surface area contributed by atoms with Crippen LogP contribution in [-0.4, -0.2) is 38.2 Å². The zero-order chi connectivity index (χ0) is 23.1. The first kappa shape index (κ1) is 21.7. The Kier molecular flexibility index (Phi) is 5.70. The van der Waals surface area contributed by atoms with E-state index in [2.05, 4.69) is 46.1 Å². The Balaban J connectivity index is 1.46. The number of nitrogen functional groups attached to an aromatic ring is 1. The van der Waals surface area contributed by atoms with Crippen LogP contribution in [0.5, 0.6) is 11.6 Å². The van der Waals surface area contributed by atoms with Gasteiger partial charge in [0, 0.05) is 18.7 Å². The first-order valence-electron chi connectivity index (χ1n) is 10.5. The highest BCUT2D eigenvalue weighted by Gasteiger charge is 2.18. The Hall–Kier alpha value is -3.13. The number of likely N-dealkylation sites (N-methyl/N-ethyl adjacent to an activating group) is 1. The van der Waals surface area contributed by atoms with Crippen LogP contribution < -0.4 is 10.5 Å². The van der Waals surface area contributed by atoms with Gasteiger partial charge < -0.3 is 15.4 Å². The topological polar surface area (TPSA) is 82.1 Å². The molecule has 3 heterocycles.